The van der Waals surface area contributed by atoms with Gasteiger partial charge in [0, 0.05) is 41.5 Å². The summed E-state index contributed by atoms with van der Waals surface area (Å²) < 4.78 is 0. The molecule has 2 aromatic carbocycles. The second-order valence-corrected chi connectivity index (χ2v) is 6.98. The molecule has 0 amide bonds. The lowest BCUT2D eigenvalue weighted by Gasteiger charge is -2.17. The van der Waals surface area contributed by atoms with Gasteiger partial charge in [0.2, 0.25) is 0 Å². The molecule has 0 radical (unpaired) electrons. The quantitative estimate of drug-likeness (QED) is 0.291. The maximum atomic E-state index is 8.79. The number of nitrogens with zero attached hydrogens (tertiary/aromatic N) is 1. The van der Waals surface area contributed by atoms with Crippen LogP contribution in [-0.2, 0) is 0 Å². The molecule has 27 heavy (non-hydrogen) atoms. The minimum Gasteiger partial charge on any atom is -0.397 e. The Bertz CT molecular complexity index is 861. The fourth-order valence-corrected chi connectivity index (χ4v) is 3.19. The number of anilines is 3. The second kappa shape index (κ2) is 8.59. The summed E-state index contributed by atoms with van der Waals surface area (Å²) in [5.41, 5.74) is 12.5. The van der Waals surface area contributed by atoms with Crippen molar-refractivity contribution in [2.75, 3.05) is 29.5 Å². The fourth-order valence-electron chi connectivity index (χ4n) is 3.19. The van der Waals surface area contributed by atoms with Crippen molar-refractivity contribution in [3.05, 3.63) is 42.0 Å². The molecule has 2 aromatic rings. The molecule has 0 atom stereocenters. The highest BCUT2D eigenvalue weighted by atomic mass is 14.9. The van der Waals surface area contributed by atoms with Gasteiger partial charge in [-0.2, -0.15) is 5.26 Å². The number of benzene rings is 2. The number of rotatable bonds is 9. The lowest BCUT2D eigenvalue weighted by molar-refractivity contribution is 0.981. The van der Waals surface area contributed by atoms with E-state index in [1.165, 1.54) is 0 Å². The first kappa shape index (κ1) is 18.8. The summed E-state index contributed by atoms with van der Waals surface area (Å²) in [6.45, 7) is 3.57. The summed E-state index contributed by atoms with van der Waals surface area (Å²) >= 11 is 0. The maximum Gasteiger partial charge on any atom is 0.0653 e. The molecule has 5 N–H and O–H groups in total. The number of nitriles is 1. The summed E-state index contributed by atoms with van der Waals surface area (Å²) in [6.07, 6.45) is 3.63. The average Bonchev–Trinajstić information content (AvgIpc) is 3.52. The van der Waals surface area contributed by atoms with E-state index in [4.69, 9.17) is 16.4 Å². The first-order valence-electron chi connectivity index (χ1n) is 9.62. The van der Waals surface area contributed by atoms with Gasteiger partial charge in [-0.05, 0) is 43.0 Å². The van der Waals surface area contributed by atoms with Crippen LogP contribution in [0.25, 0.3) is 11.1 Å². The van der Waals surface area contributed by atoms with Crippen LogP contribution in [0.3, 0.4) is 0 Å². The van der Waals surface area contributed by atoms with Gasteiger partial charge < -0.3 is 21.8 Å². The highest BCUT2D eigenvalue weighted by Crippen LogP contribution is 2.38. The van der Waals surface area contributed by atoms with E-state index in [0.717, 1.165) is 59.6 Å². The first-order chi connectivity index (χ1) is 13.2. The molecular formula is C22H27N5. The Morgan fingerprint density at radius 1 is 1.22 bits per heavy atom. The molecule has 1 aliphatic carbocycles. The van der Waals surface area contributed by atoms with E-state index >= 15 is 0 Å². The highest BCUT2D eigenvalue weighted by Gasteiger charge is 2.29. The molecule has 3 rings (SSSR count). The van der Waals surface area contributed by atoms with Crippen LogP contribution in [0.5, 0.6) is 0 Å². The Labute approximate surface area is 161 Å². The zero-order valence-corrected chi connectivity index (χ0v) is 15.8. The molecule has 1 saturated carbocycles. The van der Waals surface area contributed by atoms with Gasteiger partial charge in [-0.15, -0.1) is 0 Å². The van der Waals surface area contributed by atoms with Gasteiger partial charge in [0.15, 0.2) is 0 Å². The minimum absolute atomic E-state index is 0.357. The molecule has 1 fully saturated rings. The van der Waals surface area contributed by atoms with E-state index in [1.807, 2.05) is 18.2 Å². The van der Waals surface area contributed by atoms with Crippen LogP contribution in [0.2, 0.25) is 0 Å². The predicted molar refractivity (Wildman–Crippen MR) is 113 cm³/mol. The van der Waals surface area contributed by atoms with Gasteiger partial charge in [-0.3, -0.25) is 0 Å². The van der Waals surface area contributed by atoms with Gasteiger partial charge in [-0.25, -0.2) is 0 Å². The van der Waals surface area contributed by atoms with Crippen molar-refractivity contribution in [3.8, 4) is 17.2 Å². The molecule has 0 unspecified atom stereocenters. The van der Waals surface area contributed by atoms with Crippen LogP contribution in [0.15, 0.2) is 36.4 Å². The molecule has 1 aliphatic rings. The molecule has 0 heterocycles. The van der Waals surface area contributed by atoms with Crippen molar-refractivity contribution in [2.45, 2.75) is 32.6 Å². The van der Waals surface area contributed by atoms with Crippen LogP contribution in [0.1, 0.15) is 38.2 Å². The molecule has 140 valence electrons. The van der Waals surface area contributed by atoms with E-state index in [-0.39, 0.29) is 0 Å². The number of hydrogen-bond donors (Lipinski definition) is 4. The van der Waals surface area contributed by atoms with Crippen molar-refractivity contribution < 1.29 is 0 Å². The highest BCUT2D eigenvalue weighted by molar-refractivity contribution is 6.07. The number of hydrogen-bond acceptors (Lipinski definition) is 5. The maximum absolute atomic E-state index is 8.79. The SMILES string of the molecule is CCCNc1c(N)cccc1-c1ccc(NCCC#N)c(C(=N)C2CC2)c1. The third kappa shape index (κ3) is 4.40. The third-order valence-corrected chi connectivity index (χ3v) is 4.81. The van der Waals surface area contributed by atoms with E-state index in [2.05, 4.69) is 41.8 Å². The van der Waals surface area contributed by atoms with Gasteiger partial charge >= 0.3 is 0 Å². The number of nitrogen functional groups attached to an aromatic ring is 1. The molecule has 0 spiro atoms. The zero-order chi connectivity index (χ0) is 19.2. The fraction of sp³-hybridized carbons (Fsp3) is 0.364. The largest absolute Gasteiger partial charge is 0.397 e. The summed E-state index contributed by atoms with van der Waals surface area (Å²) in [7, 11) is 0. The van der Waals surface area contributed by atoms with Gasteiger partial charge in [0.1, 0.15) is 0 Å². The summed E-state index contributed by atoms with van der Waals surface area (Å²) in [5.74, 6) is 0.357. The van der Waals surface area contributed by atoms with Crippen molar-refractivity contribution in [1.29, 1.82) is 10.7 Å². The monoisotopic (exact) mass is 361 g/mol. The van der Waals surface area contributed by atoms with E-state index < -0.39 is 0 Å². The van der Waals surface area contributed by atoms with Crippen LogP contribution < -0.4 is 16.4 Å². The summed E-state index contributed by atoms with van der Waals surface area (Å²) in [4.78, 5) is 0. The topological polar surface area (TPSA) is 97.7 Å². The minimum atomic E-state index is 0.357. The lowest BCUT2D eigenvalue weighted by atomic mass is 9.96. The van der Waals surface area contributed by atoms with E-state index in [0.29, 0.717) is 24.6 Å². The molecule has 5 heteroatoms. The Morgan fingerprint density at radius 3 is 2.74 bits per heavy atom. The van der Waals surface area contributed by atoms with Crippen LogP contribution in [-0.4, -0.2) is 18.8 Å². The average molecular weight is 361 g/mol. The number of nitrogens with one attached hydrogen (secondary N) is 3. The molecular weight excluding hydrogens is 334 g/mol. The number of para-hydroxylation sites is 1. The first-order valence-corrected chi connectivity index (χ1v) is 9.62. The van der Waals surface area contributed by atoms with Crippen molar-refractivity contribution in [3.63, 3.8) is 0 Å². The van der Waals surface area contributed by atoms with E-state index in [9.17, 15) is 0 Å². The lowest BCUT2D eigenvalue weighted by Crippen LogP contribution is -2.10. The van der Waals surface area contributed by atoms with Crippen LogP contribution in [0.4, 0.5) is 17.1 Å². The van der Waals surface area contributed by atoms with Gasteiger partial charge in [0.25, 0.3) is 0 Å². The third-order valence-electron chi connectivity index (χ3n) is 4.81. The Balaban J connectivity index is 1.99. The van der Waals surface area contributed by atoms with Crippen molar-refractivity contribution in [2.24, 2.45) is 5.92 Å². The van der Waals surface area contributed by atoms with Gasteiger partial charge in [-0.1, -0.05) is 25.1 Å². The second-order valence-electron chi connectivity index (χ2n) is 6.98. The van der Waals surface area contributed by atoms with Crippen LogP contribution >= 0.6 is 0 Å². The summed E-state index contributed by atoms with van der Waals surface area (Å²) in [5, 5.41) is 24.1. The molecule has 0 bridgehead atoms. The normalized spacial score (nSPS) is 13.0. The zero-order valence-electron chi connectivity index (χ0n) is 15.8. The molecule has 0 aromatic heterocycles. The van der Waals surface area contributed by atoms with Crippen molar-refractivity contribution >= 4 is 22.8 Å². The van der Waals surface area contributed by atoms with E-state index in [1.54, 1.807) is 0 Å². The molecule has 5 nitrogen and oxygen atoms in total. The molecule has 0 aliphatic heterocycles. The van der Waals surface area contributed by atoms with Gasteiger partial charge in [0.05, 0.1) is 23.9 Å². The Morgan fingerprint density at radius 2 is 2.04 bits per heavy atom. The van der Waals surface area contributed by atoms with Crippen molar-refractivity contribution in [1.82, 2.24) is 0 Å². The summed E-state index contributed by atoms with van der Waals surface area (Å²) in [6, 6.07) is 14.3. The smallest absolute Gasteiger partial charge is 0.0653 e. The Kier molecular flexibility index (Phi) is 5.97. The Hall–Kier alpha value is -3.00. The molecule has 0 saturated heterocycles. The standard InChI is InChI=1S/C22H27N5/c1-2-12-27-22-17(5-3-6-19(22)24)16-9-10-20(26-13-4-11-23)18(14-16)21(25)15-7-8-15/h3,5-6,9-10,14-15,25-27H,2,4,7-8,12-13,24H2,1H3. The predicted octanol–water partition coefficient (Wildman–Crippen LogP) is 4.86. The number of nitrogens with two attached hydrogens (primary N) is 1. The van der Waals surface area contributed by atoms with Crippen LogP contribution in [0, 0.1) is 22.7 Å².